The first-order valence-corrected chi connectivity index (χ1v) is 8.88. The standard InChI is InChI=1S/C19H21ClN2O4.H2S/c20-15-3-1-14(2-4-15)13-26-18-9-16(10-21-11-18)22-7-8-25-17(12-22)5-6-19(23)24;/h1-4,9-11,17H,5-8,12-13H2,(H,23,24);1H2/t17-;/m0./s1. The molecule has 27 heavy (non-hydrogen) atoms. The number of ether oxygens (including phenoxy) is 2. The van der Waals surface area contributed by atoms with E-state index < -0.39 is 5.97 Å². The van der Waals surface area contributed by atoms with E-state index in [1.54, 1.807) is 12.4 Å². The molecule has 2 aromatic rings. The zero-order valence-electron chi connectivity index (χ0n) is 14.8. The van der Waals surface area contributed by atoms with Crippen LogP contribution in [0.2, 0.25) is 5.02 Å². The Labute approximate surface area is 170 Å². The summed E-state index contributed by atoms with van der Waals surface area (Å²) in [6.45, 7) is 2.40. The van der Waals surface area contributed by atoms with Crippen LogP contribution in [0.5, 0.6) is 5.75 Å². The summed E-state index contributed by atoms with van der Waals surface area (Å²) in [6.07, 6.45) is 4.00. The van der Waals surface area contributed by atoms with Gasteiger partial charge in [-0.3, -0.25) is 9.78 Å². The number of hydrogen-bond acceptors (Lipinski definition) is 5. The van der Waals surface area contributed by atoms with E-state index in [4.69, 9.17) is 26.2 Å². The van der Waals surface area contributed by atoms with Crippen LogP contribution in [0.1, 0.15) is 18.4 Å². The van der Waals surface area contributed by atoms with Crippen LogP contribution in [-0.2, 0) is 16.1 Å². The minimum absolute atomic E-state index is 0. The molecule has 6 nitrogen and oxygen atoms in total. The van der Waals surface area contributed by atoms with Gasteiger partial charge in [0.05, 0.1) is 30.8 Å². The van der Waals surface area contributed by atoms with Gasteiger partial charge in [-0.05, 0) is 24.1 Å². The third-order valence-electron chi connectivity index (χ3n) is 4.20. The molecular formula is C19H23ClN2O4S. The van der Waals surface area contributed by atoms with Gasteiger partial charge in [-0.15, -0.1) is 0 Å². The highest BCUT2D eigenvalue weighted by atomic mass is 35.5. The summed E-state index contributed by atoms with van der Waals surface area (Å²) in [4.78, 5) is 17.2. The highest BCUT2D eigenvalue weighted by molar-refractivity contribution is 7.59. The first-order valence-electron chi connectivity index (χ1n) is 8.51. The molecule has 0 aliphatic carbocycles. The van der Waals surface area contributed by atoms with Crippen molar-refractivity contribution in [2.75, 3.05) is 24.6 Å². The molecule has 8 heteroatoms. The number of rotatable bonds is 7. The predicted octanol–water partition coefficient (Wildman–Crippen LogP) is 3.50. The number of carboxylic acid groups (broad SMARTS) is 1. The number of anilines is 1. The fourth-order valence-electron chi connectivity index (χ4n) is 2.82. The van der Waals surface area contributed by atoms with Gasteiger partial charge in [0, 0.05) is 30.6 Å². The molecule has 0 bridgehead atoms. The SMILES string of the molecule is O=C(O)CC[C@H]1CN(c2cncc(OCc3ccc(Cl)cc3)c2)CCO1.S. The van der Waals surface area contributed by atoms with E-state index in [0.717, 1.165) is 17.8 Å². The zero-order valence-corrected chi connectivity index (χ0v) is 16.6. The number of hydrogen-bond donors (Lipinski definition) is 1. The van der Waals surface area contributed by atoms with Crippen LogP contribution in [0.3, 0.4) is 0 Å². The van der Waals surface area contributed by atoms with Crippen molar-refractivity contribution in [3.63, 3.8) is 0 Å². The Kier molecular flexibility index (Phi) is 8.22. The van der Waals surface area contributed by atoms with Gasteiger partial charge in [-0.2, -0.15) is 13.5 Å². The van der Waals surface area contributed by atoms with Crippen molar-refractivity contribution in [2.24, 2.45) is 0 Å². The lowest BCUT2D eigenvalue weighted by Gasteiger charge is -2.34. The minimum Gasteiger partial charge on any atom is -0.487 e. The molecule has 1 atom stereocenters. The van der Waals surface area contributed by atoms with Gasteiger partial charge in [0.2, 0.25) is 0 Å². The Balaban J connectivity index is 0.00000261. The monoisotopic (exact) mass is 410 g/mol. The molecule has 1 aliphatic rings. The van der Waals surface area contributed by atoms with Crippen molar-refractivity contribution in [1.29, 1.82) is 0 Å². The Morgan fingerprint density at radius 1 is 1.33 bits per heavy atom. The van der Waals surface area contributed by atoms with Crippen LogP contribution in [0, 0.1) is 0 Å². The third-order valence-corrected chi connectivity index (χ3v) is 4.45. The molecule has 0 unspecified atom stereocenters. The lowest BCUT2D eigenvalue weighted by molar-refractivity contribution is -0.137. The number of carboxylic acids is 1. The smallest absolute Gasteiger partial charge is 0.303 e. The van der Waals surface area contributed by atoms with E-state index in [1.165, 1.54) is 0 Å². The van der Waals surface area contributed by atoms with E-state index in [1.807, 2.05) is 30.3 Å². The van der Waals surface area contributed by atoms with E-state index in [-0.39, 0.29) is 26.0 Å². The van der Waals surface area contributed by atoms with Gasteiger partial charge in [-0.1, -0.05) is 23.7 Å². The van der Waals surface area contributed by atoms with Crippen LogP contribution in [-0.4, -0.2) is 41.9 Å². The molecule has 3 rings (SSSR count). The Morgan fingerprint density at radius 2 is 2.11 bits per heavy atom. The van der Waals surface area contributed by atoms with Crippen molar-refractivity contribution in [1.82, 2.24) is 4.98 Å². The highest BCUT2D eigenvalue weighted by Gasteiger charge is 2.22. The Hall–Kier alpha value is -1.96. The molecule has 1 aliphatic heterocycles. The summed E-state index contributed by atoms with van der Waals surface area (Å²) in [7, 11) is 0. The summed E-state index contributed by atoms with van der Waals surface area (Å²) in [5.41, 5.74) is 1.97. The second-order valence-corrected chi connectivity index (χ2v) is 6.60. The lowest BCUT2D eigenvalue weighted by Crippen LogP contribution is -2.42. The van der Waals surface area contributed by atoms with Crippen LogP contribution < -0.4 is 9.64 Å². The second-order valence-electron chi connectivity index (χ2n) is 6.17. The number of benzene rings is 1. The molecule has 0 saturated carbocycles. The van der Waals surface area contributed by atoms with Crippen LogP contribution in [0.25, 0.3) is 0 Å². The topological polar surface area (TPSA) is 71.9 Å². The number of carbonyl (C=O) groups is 1. The lowest BCUT2D eigenvalue weighted by atomic mass is 10.1. The predicted molar refractivity (Wildman–Crippen MR) is 109 cm³/mol. The number of morpholine rings is 1. The molecule has 1 aromatic carbocycles. The second kappa shape index (κ2) is 10.4. The quantitative estimate of drug-likeness (QED) is 0.753. The van der Waals surface area contributed by atoms with Crippen LogP contribution >= 0.6 is 25.1 Å². The van der Waals surface area contributed by atoms with Crippen molar-refractivity contribution >= 4 is 36.8 Å². The fraction of sp³-hybridized carbons (Fsp3) is 0.368. The highest BCUT2D eigenvalue weighted by Crippen LogP contribution is 2.23. The first-order chi connectivity index (χ1) is 12.6. The van der Waals surface area contributed by atoms with Gasteiger partial charge in [0.25, 0.3) is 0 Å². The van der Waals surface area contributed by atoms with Gasteiger partial charge >= 0.3 is 5.97 Å². The molecule has 2 heterocycles. The van der Waals surface area contributed by atoms with Gasteiger partial charge in [0.1, 0.15) is 12.4 Å². The van der Waals surface area contributed by atoms with Crippen molar-refractivity contribution in [3.8, 4) is 5.75 Å². The molecule has 0 spiro atoms. The number of nitrogens with zero attached hydrogens (tertiary/aromatic N) is 2. The summed E-state index contributed by atoms with van der Waals surface area (Å²) < 4.78 is 11.5. The molecule has 1 saturated heterocycles. The number of aliphatic carboxylic acids is 1. The fourth-order valence-corrected chi connectivity index (χ4v) is 2.95. The summed E-state index contributed by atoms with van der Waals surface area (Å²) in [6, 6.07) is 9.46. The zero-order chi connectivity index (χ0) is 18.4. The maximum absolute atomic E-state index is 10.7. The van der Waals surface area contributed by atoms with Gasteiger partial charge < -0.3 is 19.5 Å². The Morgan fingerprint density at radius 3 is 2.85 bits per heavy atom. The maximum Gasteiger partial charge on any atom is 0.303 e. The molecule has 1 fully saturated rings. The molecule has 0 amide bonds. The van der Waals surface area contributed by atoms with Crippen LogP contribution in [0.15, 0.2) is 42.7 Å². The van der Waals surface area contributed by atoms with E-state index in [9.17, 15) is 4.79 Å². The van der Waals surface area contributed by atoms with E-state index in [0.29, 0.717) is 37.0 Å². The minimum atomic E-state index is -0.801. The molecule has 1 N–H and O–H groups in total. The van der Waals surface area contributed by atoms with Crippen molar-refractivity contribution in [3.05, 3.63) is 53.3 Å². The summed E-state index contributed by atoms with van der Waals surface area (Å²) in [5.74, 6) is -0.115. The summed E-state index contributed by atoms with van der Waals surface area (Å²) >= 11 is 5.89. The van der Waals surface area contributed by atoms with Crippen molar-refractivity contribution < 1.29 is 19.4 Å². The average molecular weight is 411 g/mol. The van der Waals surface area contributed by atoms with Crippen LogP contribution in [0.4, 0.5) is 5.69 Å². The molecular weight excluding hydrogens is 388 g/mol. The third kappa shape index (κ3) is 6.61. The molecule has 1 aromatic heterocycles. The average Bonchev–Trinajstić information content (AvgIpc) is 2.66. The maximum atomic E-state index is 10.7. The van der Waals surface area contributed by atoms with Crippen molar-refractivity contribution in [2.45, 2.75) is 25.6 Å². The normalized spacial score (nSPS) is 16.5. The van der Waals surface area contributed by atoms with Gasteiger partial charge in [0.15, 0.2) is 0 Å². The van der Waals surface area contributed by atoms with Gasteiger partial charge in [-0.25, -0.2) is 0 Å². The largest absolute Gasteiger partial charge is 0.487 e. The number of halogens is 1. The first kappa shape index (κ1) is 21.3. The van der Waals surface area contributed by atoms with E-state index >= 15 is 0 Å². The number of pyridine rings is 1. The number of aromatic nitrogens is 1. The summed E-state index contributed by atoms with van der Waals surface area (Å²) in [5, 5.41) is 9.53. The molecule has 146 valence electrons. The van der Waals surface area contributed by atoms with E-state index in [2.05, 4.69) is 9.88 Å². The molecule has 0 radical (unpaired) electrons. The Bertz CT molecular complexity index is 745.